The lowest BCUT2D eigenvalue weighted by Crippen LogP contribution is -2.29. The molecule has 4 nitrogen and oxygen atoms in total. The van der Waals surface area contributed by atoms with Crippen molar-refractivity contribution in [2.45, 2.75) is 39.5 Å². The molecule has 0 aromatic carbocycles. The zero-order chi connectivity index (χ0) is 10.2. The van der Waals surface area contributed by atoms with E-state index in [-0.39, 0.29) is 0 Å². The molecule has 0 aliphatic carbocycles. The predicted octanol–water partition coefficient (Wildman–Crippen LogP) is 1.83. The third-order valence-corrected chi connectivity index (χ3v) is 3.14. The van der Waals surface area contributed by atoms with Crippen molar-refractivity contribution in [3.8, 4) is 0 Å². The van der Waals surface area contributed by atoms with Crippen LogP contribution in [0, 0.1) is 0 Å². The summed E-state index contributed by atoms with van der Waals surface area (Å²) in [6, 6.07) is 0. The molecule has 4 N–H and O–H groups in total. The molecule has 0 aliphatic heterocycles. The van der Waals surface area contributed by atoms with Gasteiger partial charge in [0, 0.05) is 13.1 Å². The first-order valence-corrected chi connectivity index (χ1v) is 6.79. The standard InChI is InChI=1S/C8H22N3OP/c1-3-5-7-10-13(9,12)11-8-6-4-2/h3-8H2,1-2H3,(H4,9,10,11,12). The van der Waals surface area contributed by atoms with Crippen molar-refractivity contribution in [3.05, 3.63) is 0 Å². The van der Waals surface area contributed by atoms with Crippen LogP contribution >= 0.6 is 7.59 Å². The van der Waals surface area contributed by atoms with E-state index in [0.29, 0.717) is 0 Å². The largest absolute Gasteiger partial charge is 0.276 e. The van der Waals surface area contributed by atoms with Gasteiger partial charge in [-0.2, -0.15) is 0 Å². The smallest absolute Gasteiger partial charge is 0.271 e. The van der Waals surface area contributed by atoms with Crippen LogP contribution in [0.2, 0.25) is 0 Å². The second-order valence-electron chi connectivity index (χ2n) is 3.18. The fourth-order valence-electron chi connectivity index (χ4n) is 0.900. The maximum absolute atomic E-state index is 11.5. The Morgan fingerprint density at radius 2 is 1.46 bits per heavy atom. The summed E-state index contributed by atoms with van der Waals surface area (Å²) >= 11 is 0. The molecule has 0 spiro atoms. The highest BCUT2D eigenvalue weighted by molar-refractivity contribution is 7.57. The van der Waals surface area contributed by atoms with Gasteiger partial charge in [0.1, 0.15) is 0 Å². The van der Waals surface area contributed by atoms with Gasteiger partial charge in [0.2, 0.25) is 0 Å². The Kier molecular flexibility index (Phi) is 7.57. The van der Waals surface area contributed by atoms with Crippen molar-refractivity contribution in [1.29, 1.82) is 0 Å². The summed E-state index contributed by atoms with van der Waals surface area (Å²) in [5.41, 5.74) is 5.53. The molecule has 5 heteroatoms. The molecule has 0 amide bonds. The van der Waals surface area contributed by atoms with Crippen LogP contribution in [-0.2, 0) is 4.57 Å². The van der Waals surface area contributed by atoms with Crippen LogP contribution in [0.15, 0.2) is 0 Å². The Morgan fingerprint density at radius 1 is 1.08 bits per heavy atom. The van der Waals surface area contributed by atoms with Gasteiger partial charge < -0.3 is 0 Å². The van der Waals surface area contributed by atoms with E-state index >= 15 is 0 Å². The SMILES string of the molecule is CCCCNP(N)(=O)NCCCC. The van der Waals surface area contributed by atoms with E-state index in [2.05, 4.69) is 24.0 Å². The molecule has 0 rings (SSSR count). The molecule has 0 saturated heterocycles. The fraction of sp³-hybridized carbons (Fsp3) is 1.00. The topological polar surface area (TPSA) is 67.1 Å². The predicted molar refractivity (Wildman–Crippen MR) is 57.6 cm³/mol. The molecule has 0 unspecified atom stereocenters. The van der Waals surface area contributed by atoms with Crippen LogP contribution in [0.1, 0.15) is 39.5 Å². The lowest BCUT2D eigenvalue weighted by atomic mass is 10.3. The second-order valence-corrected chi connectivity index (χ2v) is 5.13. The van der Waals surface area contributed by atoms with Crippen molar-refractivity contribution in [2.24, 2.45) is 5.50 Å². The number of unbranched alkanes of at least 4 members (excludes halogenated alkanes) is 2. The molecule has 0 heterocycles. The molecule has 0 bridgehead atoms. The number of nitrogens with one attached hydrogen (secondary N) is 2. The lowest BCUT2D eigenvalue weighted by molar-refractivity contribution is 0.549. The number of rotatable bonds is 8. The molecule has 0 fully saturated rings. The molecule has 0 atom stereocenters. The Balaban J connectivity index is 3.49. The molecule has 0 aromatic rings. The van der Waals surface area contributed by atoms with Crippen LogP contribution in [0.25, 0.3) is 0 Å². The summed E-state index contributed by atoms with van der Waals surface area (Å²) < 4.78 is 11.5. The molecule has 0 saturated carbocycles. The van der Waals surface area contributed by atoms with Gasteiger partial charge in [0.25, 0.3) is 7.59 Å². The van der Waals surface area contributed by atoms with E-state index in [1.807, 2.05) is 0 Å². The summed E-state index contributed by atoms with van der Waals surface area (Å²) in [5.74, 6) is 0. The van der Waals surface area contributed by atoms with Gasteiger partial charge in [-0.15, -0.1) is 0 Å². The molecular formula is C8H22N3OP. The van der Waals surface area contributed by atoms with Gasteiger partial charge in [-0.05, 0) is 12.8 Å². The molecule has 0 aromatic heterocycles. The Labute approximate surface area is 81.2 Å². The summed E-state index contributed by atoms with van der Waals surface area (Å²) in [7, 11) is -2.75. The van der Waals surface area contributed by atoms with Gasteiger partial charge in [-0.3, -0.25) is 10.1 Å². The van der Waals surface area contributed by atoms with Crippen molar-refractivity contribution in [1.82, 2.24) is 10.2 Å². The number of hydrogen-bond donors (Lipinski definition) is 3. The quantitative estimate of drug-likeness (QED) is 0.419. The van der Waals surface area contributed by atoms with E-state index < -0.39 is 7.59 Å². The average Bonchev–Trinajstić information content (AvgIpc) is 2.05. The monoisotopic (exact) mass is 207 g/mol. The normalized spacial score (nSPS) is 11.9. The minimum absolute atomic E-state index is 0.726. The molecule has 0 aliphatic rings. The summed E-state index contributed by atoms with van der Waals surface area (Å²) in [6.07, 6.45) is 4.19. The van der Waals surface area contributed by atoms with Crippen LogP contribution in [0.5, 0.6) is 0 Å². The summed E-state index contributed by atoms with van der Waals surface area (Å²) in [4.78, 5) is 0. The van der Waals surface area contributed by atoms with Crippen LogP contribution in [0.4, 0.5) is 0 Å². The summed E-state index contributed by atoms with van der Waals surface area (Å²) in [5, 5.41) is 5.68. The highest BCUT2D eigenvalue weighted by Crippen LogP contribution is 2.23. The summed E-state index contributed by atoms with van der Waals surface area (Å²) in [6.45, 7) is 5.63. The third-order valence-electron chi connectivity index (χ3n) is 1.75. The molecular weight excluding hydrogens is 185 g/mol. The Hall–Kier alpha value is 0.110. The first-order chi connectivity index (χ1) is 6.12. The maximum Gasteiger partial charge on any atom is 0.276 e. The van der Waals surface area contributed by atoms with E-state index in [1.54, 1.807) is 0 Å². The van der Waals surface area contributed by atoms with E-state index in [9.17, 15) is 4.57 Å². The zero-order valence-corrected chi connectivity index (χ0v) is 9.57. The number of hydrogen-bond acceptors (Lipinski definition) is 1. The van der Waals surface area contributed by atoms with Gasteiger partial charge in [-0.25, -0.2) is 10.2 Å². The Bertz CT molecular complexity index is 149. The van der Waals surface area contributed by atoms with Crippen molar-refractivity contribution in [2.75, 3.05) is 13.1 Å². The lowest BCUT2D eigenvalue weighted by Gasteiger charge is -2.15. The van der Waals surface area contributed by atoms with E-state index in [0.717, 1.165) is 38.8 Å². The highest BCUT2D eigenvalue weighted by Gasteiger charge is 2.11. The van der Waals surface area contributed by atoms with Gasteiger partial charge in [-0.1, -0.05) is 26.7 Å². The van der Waals surface area contributed by atoms with Crippen molar-refractivity contribution in [3.63, 3.8) is 0 Å². The van der Waals surface area contributed by atoms with E-state index in [1.165, 1.54) is 0 Å². The van der Waals surface area contributed by atoms with Crippen LogP contribution < -0.4 is 15.7 Å². The minimum Gasteiger partial charge on any atom is -0.271 e. The van der Waals surface area contributed by atoms with Gasteiger partial charge in [0.15, 0.2) is 0 Å². The zero-order valence-electron chi connectivity index (χ0n) is 8.68. The minimum atomic E-state index is -2.75. The molecule has 0 radical (unpaired) electrons. The van der Waals surface area contributed by atoms with Crippen LogP contribution in [-0.4, -0.2) is 13.1 Å². The second kappa shape index (κ2) is 7.51. The average molecular weight is 207 g/mol. The molecule has 80 valence electrons. The van der Waals surface area contributed by atoms with Gasteiger partial charge >= 0.3 is 0 Å². The number of nitrogens with two attached hydrogens (primary N) is 1. The van der Waals surface area contributed by atoms with Crippen molar-refractivity contribution < 1.29 is 4.57 Å². The maximum atomic E-state index is 11.5. The van der Waals surface area contributed by atoms with Gasteiger partial charge in [0.05, 0.1) is 0 Å². The third kappa shape index (κ3) is 8.44. The van der Waals surface area contributed by atoms with Crippen LogP contribution in [0.3, 0.4) is 0 Å². The van der Waals surface area contributed by atoms with E-state index in [4.69, 9.17) is 5.50 Å². The first kappa shape index (κ1) is 13.1. The highest BCUT2D eigenvalue weighted by atomic mass is 31.2. The van der Waals surface area contributed by atoms with Crippen molar-refractivity contribution >= 4 is 7.59 Å². The first-order valence-electron chi connectivity index (χ1n) is 5.01. The Morgan fingerprint density at radius 3 is 1.77 bits per heavy atom. The fourth-order valence-corrected chi connectivity index (χ4v) is 1.99. The molecule has 13 heavy (non-hydrogen) atoms.